The number of hydrogen-bond donors (Lipinski definition) is 0. The molecule has 4 nitrogen and oxygen atoms in total. The van der Waals surface area contributed by atoms with Crippen molar-refractivity contribution in [2.75, 3.05) is 0 Å². The Morgan fingerprint density at radius 2 is 2.42 bits per heavy atom. The summed E-state index contributed by atoms with van der Waals surface area (Å²) >= 11 is 1.35. The molecule has 0 saturated carbocycles. The third-order valence-corrected chi connectivity index (χ3v) is 2.22. The maximum Gasteiger partial charge on any atom is 0.271 e. The molecule has 0 aliphatic rings. The summed E-state index contributed by atoms with van der Waals surface area (Å²) in [5, 5.41) is 10.3. The van der Waals surface area contributed by atoms with E-state index < -0.39 is 4.92 Å². The minimum absolute atomic E-state index is 0.0711. The van der Waals surface area contributed by atoms with Crippen molar-refractivity contribution in [3.63, 3.8) is 0 Å². The van der Waals surface area contributed by atoms with Crippen LogP contribution in [-0.2, 0) is 0 Å². The summed E-state index contributed by atoms with van der Waals surface area (Å²) in [4.78, 5) is 13.8. The number of thiazole rings is 1. The lowest BCUT2D eigenvalue weighted by Gasteiger charge is -1.88. The van der Waals surface area contributed by atoms with Gasteiger partial charge in [0.2, 0.25) is 0 Å². The van der Waals surface area contributed by atoms with Crippen molar-refractivity contribution in [3.05, 3.63) is 33.8 Å². The molecular formula is C7H3N2O2S. The zero-order valence-corrected chi connectivity index (χ0v) is 6.67. The Labute approximate surface area is 71.6 Å². The molecule has 0 atom stereocenters. The minimum atomic E-state index is -0.432. The Balaban J connectivity index is 2.68. The largest absolute Gasteiger partial charge is 0.271 e. The van der Waals surface area contributed by atoms with E-state index >= 15 is 0 Å². The quantitative estimate of drug-likeness (QED) is 0.497. The smallest absolute Gasteiger partial charge is 0.258 e. The van der Waals surface area contributed by atoms with E-state index in [2.05, 4.69) is 10.5 Å². The van der Waals surface area contributed by atoms with Crippen molar-refractivity contribution in [2.45, 2.75) is 0 Å². The van der Waals surface area contributed by atoms with E-state index in [9.17, 15) is 10.1 Å². The fourth-order valence-corrected chi connectivity index (χ4v) is 1.50. The Morgan fingerprint density at radius 3 is 3.17 bits per heavy atom. The van der Waals surface area contributed by atoms with E-state index in [0.717, 1.165) is 4.70 Å². The van der Waals surface area contributed by atoms with Crippen molar-refractivity contribution < 1.29 is 4.92 Å². The molecule has 2 aromatic rings. The highest BCUT2D eigenvalue weighted by molar-refractivity contribution is 7.16. The summed E-state index contributed by atoms with van der Waals surface area (Å²) in [6, 6.07) is 4.60. The Bertz CT molecular complexity index is 438. The van der Waals surface area contributed by atoms with Gasteiger partial charge in [-0.15, -0.1) is 11.3 Å². The van der Waals surface area contributed by atoms with Crippen LogP contribution in [0.5, 0.6) is 0 Å². The summed E-state index contributed by atoms with van der Waals surface area (Å²) in [5.74, 6) is 0. The Kier molecular flexibility index (Phi) is 1.51. The molecule has 0 saturated heterocycles. The van der Waals surface area contributed by atoms with Crippen LogP contribution >= 0.6 is 11.3 Å². The number of nitro benzene ring substituents is 1. The molecule has 0 unspecified atom stereocenters. The van der Waals surface area contributed by atoms with Crippen molar-refractivity contribution >= 4 is 27.2 Å². The molecule has 1 heterocycles. The van der Waals surface area contributed by atoms with Gasteiger partial charge in [-0.05, 0) is 6.07 Å². The van der Waals surface area contributed by atoms with Crippen LogP contribution in [0.2, 0.25) is 0 Å². The highest BCUT2D eigenvalue weighted by Gasteiger charge is 2.06. The number of non-ortho nitro benzene ring substituents is 1. The van der Waals surface area contributed by atoms with Gasteiger partial charge >= 0.3 is 0 Å². The van der Waals surface area contributed by atoms with Crippen LogP contribution in [0.3, 0.4) is 0 Å². The molecule has 0 bridgehead atoms. The van der Waals surface area contributed by atoms with Gasteiger partial charge in [-0.25, -0.2) is 4.98 Å². The van der Waals surface area contributed by atoms with Gasteiger partial charge < -0.3 is 0 Å². The van der Waals surface area contributed by atoms with Crippen LogP contribution in [0, 0.1) is 15.6 Å². The molecule has 0 spiro atoms. The van der Waals surface area contributed by atoms with E-state index in [1.54, 1.807) is 6.07 Å². The summed E-state index contributed by atoms with van der Waals surface area (Å²) in [7, 11) is 0. The van der Waals surface area contributed by atoms with Gasteiger partial charge in [0.05, 0.1) is 15.1 Å². The molecule has 2 rings (SSSR count). The summed E-state index contributed by atoms with van der Waals surface area (Å²) in [6.45, 7) is 0. The first-order valence-electron chi connectivity index (χ1n) is 3.18. The third kappa shape index (κ3) is 1.04. The second-order valence-electron chi connectivity index (χ2n) is 2.21. The highest BCUT2D eigenvalue weighted by atomic mass is 32.1. The van der Waals surface area contributed by atoms with E-state index in [4.69, 9.17) is 0 Å². The van der Waals surface area contributed by atoms with Crippen molar-refractivity contribution in [2.24, 2.45) is 0 Å². The number of fused-ring (bicyclic) bond motifs is 1. The van der Waals surface area contributed by atoms with E-state index in [1.807, 2.05) is 0 Å². The van der Waals surface area contributed by atoms with Crippen LogP contribution < -0.4 is 0 Å². The third-order valence-electron chi connectivity index (χ3n) is 1.48. The van der Waals surface area contributed by atoms with Gasteiger partial charge in [0, 0.05) is 12.1 Å². The zero-order chi connectivity index (χ0) is 8.55. The van der Waals surface area contributed by atoms with Gasteiger partial charge in [0.25, 0.3) is 5.69 Å². The van der Waals surface area contributed by atoms with Crippen molar-refractivity contribution in [3.8, 4) is 0 Å². The topological polar surface area (TPSA) is 56.0 Å². The molecule has 0 aliphatic heterocycles. The Morgan fingerprint density at radius 1 is 1.58 bits per heavy atom. The maximum absolute atomic E-state index is 10.3. The van der Waals surface area contributed by atoms with Crippen LogP contribution in [0.4, 0.5) is 5.69 Å². The molecule has 1 radical (unpaired) electrons. The lowest BCUT2D eigenvalue weighted by Crippen LogP contribution is -1.86. The maximum atomic E-state index is 10.3. The number of nitrogens with zero attached hydrogens (tertiary/aromatic N) is 2. The van der Waals surface area contributed by atoms with Gasteiger partial charge in [-0.3, -0.25) is 10.1 Å². The van der Waals surface area contributed by atoms with Crippen molar-refractivity contribution in [1.29, 1.82) is 0 Å². The fraction of sp³-hybridized carbons (Fsp3) is 0. The first kappa shape index (κ1) is 7.17. The first-order chi connectivity index (χ1) is 5.77. The highest BCUT2D eigenvalue weighted by Crippen LogP contribution is 2.21. The summed E-state index contributed by atoms with van der Waals surface area (Å²) < 4.78 is 0.917. The molecular weight excluding hydrogens is 176 g/mol. The van der Waals surface area contributed by atoms with Gasteiger partial charge in [0.1, 0.15) is 0 Å². The average Bonchev–Trinajstić information content (AvgIpc) is 2.49. The second-order valence-corrected chi connectivity index (χ2v) is 3.04. The predicted molar refractivity (Wildman–Crippen MR) is 45.1 cm³/mol. The second kappa shape index (κ2) is 2.53. The number of aromatic nitrogens is 1. The average molecular weight is 179 g/mol. The van der Waals surface area contributed by atoms with E-state index in [1.165, 1.54) is 23.5 Å². The van der Waals surface area contributed by atoms with Gasteiger partial charge in [-0.1, -0.05) is 0 Å². The van der Waals surface area contributed by atoms with Crippen LogP contribution in [-0.4, -0.2) is 9.91 Å². The number of hydrogen-bond acceptors (Lipinski definition) is 4. The molecule has 0 aliphatic carbocycles. The lowest BCUT2D eigenvalue weighted by molar-refractivity contribution is -0.384. The fourth-order valence-electron chi connectivity index (χ4n) is 0.914. The normalized spacial score (nSPS) is 10.3. The van der Waals surface area contributed by atoms with Crippen LogP contribution in [0.15, 0.2) is 18.2 Å². The molecule has 12 heavy (non-hydrogen) atoms. The summed E-state index contributed by atoms with van der Waals surface area (Å²) in [6.07, 6.45) is 0. The summed E-state index contributed by atoms with van der Waals surface area (Å²) in [5.41, 5.74) is 3.38. The van der Waals surface area contributed by atoms with Crippen LogP contribution in [0.25, 0.3) is 10.2 Å². The number of rotatable bonds is 1. The molecule has 59 valence electrons. The zero-order valence-electron chi connectivity index (χ0n) is 5.85. The SMILES string of the molecule is O=[N+]([O-])c1ccc2s[c]nc2c1. The van der Waals surface area contributed by atoms with Crippen LogP contribution in [0.1, 0.15) is 0 Å². The van der Waals surface area contributed by atoms with Gasteiger partial charge in [-0.2, -0.15) is 0 Å². The Hall–Kier alpha value is -1.49. The molecule has 5 heteroatoms. The van der Waals surface area contributed by atoms with Gasteiger partial charge in [0.15, 0.2) is 5.51 Å². The van der Waals surface area contributed by atoms with E-state index in [0.29, 0.717) is 5.52 Å². The molecule has 1 aromatic carbocycles. The standard InChI is InChI=1S/C7H3N2O2S/c10-9(11)5-1-2-7-6(3-5)8-4-12-7/h1-3H. The van der Waals surface area contributed by atoms with Crippen molar-refractivity contribution in [1.82, 2.24) is 4.98 Å². The lowest BCUT2D eigenvalue weighted by atomic mass is 10.3. The minimum Gasteiger partial charge on any atom is -0.258 e. The monoisotopic (exact) mass is 179 g/mol. The number of nitro groups is 1. The van der Waals surface area contributed by atoms with E-state index in [-0.39, 0.29) is 5.69 Å². The molecule has 0 fully saturated rings. The number of benzene rings is 1. The molecule has 1 aromatic heterocycles. The first-order valence-corrected chi connectivity index (χ1v) is 4.00. The predicted octanol–water partition coefficient (Wildman–Crippen LogP) is 2.00. The molecule has 0 amide bonds. The molecule has 0 N–H and O–H groups in total.